The van der Waals surface area contributed by atoms with Gasteiger partial charge in [-0.1, -0.05) is 30.3 Å². The van der Waals surface area contributed by atoms with Crippen molar-refractivity contribution in [2.45, 2.75) is 18.9 Å². The Bertz CT molecular complexity index is 771. The number of sulfonamides is 1. The van der Waals surface area contributed by atoms with E-state index >= 15 is 0 Å². The summed E-state index contributed by atoms with van der Waals surface area (Å²) in [5.41, 5.74) is 0.863. The van der Waals surface area contributed by atoms with Crippen LogP contribution in [0.25, 0.3) is 6.08 Å². The third-order valence-corrected chi connectivity index (χ3v) is 5.38. The van der Waals surface area contributed by atoms with Crippen molar-refractivity contribution >= 4 is 16.1 Å². The van der Waals surface area contributed by atoms with E-state index in [0.29, 0.717) is 31.8 Å². The highest BCUT2D eigenvalue weighted by atomic mass is 32.2. The van der Waals surface area contributed by atoms with Crippen molar-refractivity contribution in [2.75, 3.05) is 13.1 Å². The Labute approximate surface area is 141 Å². The number of benzene rings is 1. The Morgan fingerprint density at radius 3 is 2.54 bits per heavy atom. The summed E-state index contributed by atoms with van der Waals surface area (Å²) in [5, 5.41) is 1.27. The summed E-state index contributed by atoms with van der Waals surface area (Å²) >= 11 is 0. The van der Waals surface area contributed by atoms with Crippen LogP contribution in [-0.2, 0) is 10.0 Å². The molecule has 0 bridgehead atoms. The first-order valence-corrected chi connectivity index (χ1v) is 9.30. The average molecular weight is 345 g/mol. The maximum Gasteiger partial charge on any atom is 0.236 e. The number of piperidine rings is 1. The van der Waals surface area contributed by atoms with Gasteiger partial charge in [0, 0.05) is 30.9 Å². The van der Waals surface area contributed by atoms with Gasteiger partial charge in [-0.05, 0) is 24.5 Å². The number of ether oxygens (including phenoxy) is 1. The fourth-order valence-corrected chi connectivity index (χ4v) is 3.76. The van der Waals surface area contributed by atoms with E-state index in [9.17, 15) is 8.42 Å². The third kappa shape index (κ3) is 4.39. The second-order valence-corrected chi connectivity index (χ2v) is 7.34. The fourth-order valence-electron chi connectivity index (χ4n) is 2.54. The summed E-state index contributed by atoms with van der Waals surface area (Å²) in [6, 6.07) is 9.39. The van der Waals surface area contributed by atoms with Crippen molar-refractivity contribution in [3.05, 3.63) is 59.9 Å². The lowest BCUT2D eigenvalue weighted by molar-refractivity contribution is 0.130. The van der Waals surface area contributed by atoms with Crippen LogP contribution < -0.4 is 4.74 Å². The topological polar surface area (TPSA) is 72.4 Å². The van der Waals surface area contributed by atoms with Gasteiger partial charge in [0.05, 0.1) is 6.20 Å². The fraction of sp³-hybridized carbons (Fsp3) is 0.294. The molecule has 1 aromatic heterocycles. The minimum absolute atomic E-state index is 0.0359. The number of hydrogen-bond donors (Lipinski definition) is 0. The summed E-state index contributed by atoms with van der Waals surface area (Å²) in [6.07, 6.45) is 7.57. The van der Waals surface area contributed by atoms with Gasteiger partial charge in [-0.25, -0.2) is 13.4 Å². The van der Waals surface area contributed by atoms with E-state index in [0.717, 1.165) is 5.56 Å². The van der Waals surface area contributed by atoms with Gasteiger partial charge < -0.3 is 4.74 Å². The molecule has 0 radical (unpaired) electrons. The molecule has 1 fully saturated rings. The molecule has 0 unspecified atom stereocenters. The Morgan fingerprint density at radius 2 is 1.88 bits per heavy atom. The summed E-state index contributed by atoms with van der Waals surface area (Å²) in [7, 11) is -3.41. The average Bonchev–Trinajstić information content (AvgIpc) is 2.62. The zero-order valence-corrected chi connectivity index (χ0v) is 14.0. The van der Waals surface area contributed by atoms with E-state index in [1.54, 1.807) is 24.7 Å². The van der Waals surface area contributed by atoms with Crippen LogP contribution in [0.4, 0.5) is 0 Å². The molecule has 1 aliphatic heterocycles. The zero-order chi connectivity index (χ0) is 16.8. The summed E-state index contributed by atoms with van der Waals surface area (Å²) in [5.74, 6) is 0.475. The second kappa shape index (κ2) is 7.55. The van der Waals surface area contributed by atoms with E-state index in [4.69, 9.17) is 4.74 Å². The number of nitrogens with zero attached hydrogens (tertiary/aromatic N) is 3. The van der Waals surface area contributed by atoms with Gasteiger partial charge in [0.2, 0.25) is 15.9 Å². The molecule has 0 saturated carbocycles. The predicted octanol–water partition coefficient (Wildman–Crippen LogP) is 2.32. The van der Waals surface area contributed by atoms with E-state index in [1.165, 1.54) is 9.71 Å². The van der Waals surface area contributed by atoms with E-state index in [2.05, 4.69) is 9.97 Å². The van der Waals surface area contributed by atoms with Gasteiger partial charge in [0.1, 0.15) is 6.10 Å². The standard InChI is InChI=1S/C17H19N3O3S/c21-24(22,13-8-15-4-2-1-3-5-15)20-11-6-16(7-12-20)23-17-14-18-9-10-19-17/h1-5,8-10,13-14,16H,6-7,11-12H2. The Balaban J connectivity index is 1.56. The van der Waals surface area contributed by atoms with Crippen LogP contribution >= 0.6 is 0 Å². The lowest BCUT2D eigenvalue weighted by Crippen LogP contribution is -2.40. The molecule has 24 heavy (non-hydrogen) atoms. The molecule has 0 atom stereocenters. The zero-order valence-electron chi connectivity index (χ0n) is 13.2. The maximum atomic E-state index is 12.4. The molecule has 2 aromatic rings. The molecular formula is C17H19N3O3S. The van der Waals surface area contributed by atoms with Crippen molar-refractivity contribution in [2.24, 2.45) is 0 Å². The normalized spacial score (nSPS) is 17.2. The van der Waals surface area contributed by atoms with Crippen LogP contribution in [0.5, 0.6) is 5.88 Å². The van der Waals surface area contributed by atoms with Crippen molar-refractivity contribution in [3.63, 3.8) is 0 Å². The van der Waals surface area contributed by atoms with E-state index in [1.807, 2.05) is 30.3 Å². The monoisotopic (exact) mass is 345 g/mol. The van der Waals surface area contributed by atoms with Gasteiger partial charge in [0.25, 0.3) is 0 Å². The minimum atomic E-state index is -3.41. The van der Waals surface area contributed by atoms with Crippen molar-refractivity contribution in [3.8, 4) is 5.88 Å². The molecule has 1 aliphatic rings. The van der Waals surface area contributed by atoms with Gasteiger partial charge in [0.15, 0.2) is 0 Å². The number of hydrogen-bond acceptors (Lipinski definition) is 5. The molecule has 2 heterocycles. The highest BCUT2D eigenvalue weighted by Gasteiger charge is 2.27. The largest absolute Gasteiger partial charge is 0.473 e. The molecule has 3 rings (SSSR count). The van der Waals surface area contributed by atoms with Crippen molar-refractivity contribution in [1.82, 2.24) is 14.3 Å². The van der Waals surface area contributed by atoms with Crippen LogP contribution in [0.2, 0.25) is 0 Å². The van der Waals surface area contributed by atoms with Crippen molar-refractivity contribution < 1.29 is 13.2 Å². The number of rotatable bonds is 5. The third-order valence-electron chi connectivity index (χ3n) is 3.82. The first-order chi connectivity index (χ1) is 11.6. The molecule has 126 valence electrons. The van der Waals surface area contributed by atoms with Crippen molar-refractivity contribution in [1.29, 1.82) is 0 Å². The molecular weight excluding hydrogens is 326 g/mol. The van der Waals surface area contributed by atoms with E-state index < -0.39 is 10.0 Å². The summed E-state index contributed by atoms with van der Waals surface area (Å²) < 4.78 is 32.0. The molecule has 1 saturated heterocycles. The second-order valence-electron chi connectivity index (χ2n) is 5.52. The molecule has 0 aliphatic carbocycles. The predicted molar refractivity (Wildman–Crippen MR) is 91.7 cm³/mol. The molecule has 6 nitrogen and oxygen atoms in total. The van der Waals surface area contributed by atoms with Gasteiger partial charge in [-0.2, -0.15) is 4.31 Å². The van der Waals surface area contributed by atoms with Crippen LogP contribution in [0, 0.1) is 0 Å². The molecule has 1 aromatic carbocycles. The van der Waals surface area contributed by atoms with Crippen LogP contribution in [0.15, 0.2) is 54.3 Å². The molecule has 0 N–H and O–H groups in total. The Kier molecular flexibility index (Phi) is 5.22. The SMILES string of the molecule is O=S(=O)(C=Cc1ccccc1)N1CCC(Oc2cnccn2)CC1. The first-order valence-electron chi connectivity index (χ1n) is 7.79. The summed E-state index contributed by atoms with van der Waals surface area (Å²) in [4.78, 5) is 8.03. The van der Waals surface area contributed by atoms with Crippen LogP contribution in [0.1, 0.15) is 18.4 Å². The highest BCUT2D eigenvalue weighted by molar-refractivity contribution is 7.92. The Hall–Kier alpha value is -2.25. The summed E-state index contributed by atoms with van der Waals surface area (Å²) in [6.45, 7) is 0.874. The molecule has 0 amide bonds. The maximum absolute atomic E-state index is 12.4. The lowest BCUT2D eigenvalue weighted by Gasteiger charge is -2.30. The Morgan fingerprint density at radius 1 is 1.12 bits per heavy atom. The quantitative estimate of drug-likeness (QED) is 0.831. The minimum Gasteiger partial charge on any atom is -0.473 e. The van der Waals surface area contributed by atoms with Crippen LogP contribution in [0.3, 0.4) is 0 Å². The van der Waals surface area contributed by atoms with Gasteiger partial charge in [-0.15, -0.1) is 0 Å². The molecule has 0 spiro atoms. The van der Waals surface area contributed by atoms with Crippen LogP contribution in [-0.4, -0.2) is 41.9 Å². The first kappa shape index (κ1) is 16.6. The highest BCUT2D eigenvalue weighted by Crippen LogP contribution is 2.19. The van der Waals surface area contributed by atoms with Gasteiger partial charge >= 0.3 is 0 Å². The number of aromatic nitrogens is 2. The van der Waals surface area contributed by atoms with Gasteiger partial charge in [-0.3, -0.25) is 4.98 Å². The lowest BCUT2D eigenvalue weighted by atomic mass is 10.1. The molecule has 7 heteroatoms. The van der Waals surface area contributed by atoms with E-state index in [-0.39, 0.29) is 6.10 Å². The smallest absolute Gasteiger partial charge is 0.236 e.